The fourth-order valence-corrected chi connectivity index (χ4v) is 3.08. The maximum absolute atomic E-state index is 12.4. The Hall–Kier alpha value is -2.02. The van der Waals surface area contributed by atoms with Crippen LogP contribution in [0.4, 0.5) is 11.5 Å². The first-order chi connectivity index (χ1) is 9.83. The molecule has 1 aromatic heterocycles. The van der Waals surface area contributed by atoms with E-state index >= 15 is 0 Å². The summed E-state index contributed by atoms with van der Waals surface area (Å²) in [5, 5.41) is 3.96. The van der Waals surface area contributed by atoms with Crippen LogP contribution in [0.5, 0.6) is 0 Å². The number of hydrogen-bond acceptors (Lipinski definition) is 4. The zero-order valence-electron chi connectivity index (χ0n) is 12.4. The minimum Gasteiger partial charge on any atom is -0.381 e. The number of nitrogens with one attached hydrogen (secondary N) is 1. The first kappa shape index (κ1) is 15.4. The summed E-state index contributed by atoms with van der Waals surface area (Å²) in [5.41, 5.74) is 7.26. The number of aromatic nitrogens is 2. The molecule has 0 saturated carbocycles. The van der Waals surface area contributed by atoms with Gasteiger partial charge in [0.15, 0.2) is 5.82 Å². The minimum absolute atomic E-state index is 0.000648. The van der Waals surface area contributed by atoms with Crippen LogP contribution in [0.15, 0.2) is 35.4 Å². The Kier molecular flexibility index (Phi) is 4.22. The van der Waals surface area contributed by atoms with Crippen LogP contribution < -0.4 is 10.5 Å². The number of nitrogens with two attached hydrogens (primary N) is 1. The highest BCUT2D eigenvalue weighted by atomic mass is 32.2. The number of benzene rings is 1. The average Bonchev–Trinajstić information content (AvgIpc) is 2.80. The Bertz CT molecular complexity index is 735. The molecule has 0 aliphatic carbocycles. The molecule has 0 atom stereocenters. The van der Waals surface area contributed by atoms with Crippen molar-refractivity contribution in [1.82, 2.24) is 9.78 Å². The van der Waals surface area contributed by atoms with Gasteiger partial charge in [-0.05, 0) is 30.5 Å². The normalized spacial score (nSPS) is 11.8. The van der Waals surface area contributed by atoms with Crippen molar-refractivity contribution in [3.63, 3.8) is 0 Å². The number of aryl methyl sites for hydroxylation is 1. The number of anilines is 2. The molecule has 7 heteroatoms. The minimum atomic E-state index is -3.73. The number of nitrogens with zero attached hydrogens (tertiary/aromatic N) is 2. The molecule has 0 bridgehead atoms. The molecule has 0 fully saturated rings. The van der Waals surface area contributed by atoms with Crippen molar-refractivity contribution >= 4 is 21.5 Å². The lowest BCUT2D eigenvalue weighted by Crippen LogP contribution is -2.14. The molecular weight excluding hydrogens is 288 g/mol. The van der Waals surface area contributed by atoms with Crippen LogP contribution in [-0.4, -0.2) is 18.2 Å². The molecule has 1 heterocycles. The largest absolute Gasteiger partial charge is 0.381 e. The number of nitrogen functional groups attached to an aromatic ring is 1. The number of sulfonamides is 1. The smallest absolute Gasteiger partial charge is 0.267 e. The molecule has 6 nitrogen and oxygen atoms in total. The molecule has 1 aromatic carbocycles. The van der Waals surface area contributed by atoms with E-state index in [0.717, 1.165) is 5.56 Å². The van der Waals surface area contributed by atoms with Gasteiger partial charge in [-0.15, -0.1) is 0 Å². The van der Waals surface area contributed by atoms with Crippen molar-refractivity contribution < 1.29 is 8.42 Å². The van der Waals surface area contributed by atoms with Crippen LogP contribution in [0.25, 0.3) is 0 Å². The Balaban J connectivity index is 2.33. The van der Waals surface area contributed by atoms with Crippen molar-refractivity contribution in [3.05, 3.63) is 36.0 Å². The molecule has 0 aliphatic heterocycles. The monoisotopic (exact) mass is 308 g/mol. The van der Waals surface area contributed by atoms with Crippen LogP contribution in [0.2, 0.25) is 0 Å². The Morgan fingerprint density at radius 3 is 2.67 bits per heavy atom. The van der Waals surface area contributed by atoms with Crippen LogP contribution in [0.1, 0.15) is 32.3 Å². The Labute approximate surface area is 125 Å². The number of hydrogen-bond donors (Lipinski definition) is 2. The van der Waals surface area contributed by atoms with E-state index in [9.17, 15) is 8.42 Å². The summed E-state index contributed by atoms with van der Waals surface area (Å²) < 4.78 is 28.8. The Morgan fingerprint density at radius 2 is 2.10 bits per heavy atom. The van der Waals surface area contributed by atoms with Crippen molar-refractivity contribution in [2.24, 2.45) is 0 Å². The summed E-state index contributed by atoms with van der Waals surface area (Å²) in [6, 6.07) is 7.32. The second-order valence-corrected chi connectivity index (χ2v) is 6.77. The summed E-state index contributed by atoms with van der Waals surface area (Å²) in [4.78, 5) is -0.000648. The SMILES string of the molecule is CCn1cc(S(=O)(=O)Nc2cccc(C(C)C)c2)c(N)n1. The van der Waals surface area contributed by atoms with E-state index in [0.29, 0.717) is 18.2 Å². The summed E-state index contributed by atoms with van der Waals surface area (Å²) >= 11 is 0. The van der Waals surface area contributed by atoms with Gasteiger partial charge in [0.05, 0.1) is 0 Å². The fourth-order valence-electron chi connectivity index (χ4n) is 1.96. The maximum Gasteiger partial charge on any atom is 0.267 e. The van der Waals surface area contributed by atoms with Gasteiger partial charge in [-0.1, -0.05) is 26.0 Å². The summed E-state index contributed by atoms with van der Waals surface area (Å²) in [7, 11) is -3.73. The molecule has 0 amide bonds. The maximum atomic E-state index is 12.4. The first-order valence-electron chi connectivity index (χ1n) is 6.79. The quantitative estimate of drug-likeness (QED) is 0.887. The third-order valence-corrected chi connectivity index (χ3v) is 4.57. The molecule has 2 aromatic rings. The lowest BCUT2D eigenvalue weighted by Gasteiger charge is -2.10. The van der Waals surface area contributed by atoms with E-state index < -0.39 is 10.0 Å². The molecule has 21 heavy (non-hydrogen) atoms. The average molecular weight is 308 g/mol. The molecule has 0 saturated heterocycles. The van der Waals surface area contributed by atoms with Crippen LogP contribution in [0.3, 0.4) is 0 Å². The zero-order valence-corrected chi connectivity index (χ0v) is 13.2. The van der Waals surface area contributed by atoms with E-state index in [-0.39, 0.29) is 10.7 Å². The second-order valence-electron chi connectivity index (χ2n) is 5.12. The van der Waals surface area contributed by atoms with Crippen molar-refractivity contribution in [1.29, 1.82) is 0 Å². The van der Waals surface area contributed by atoms with Crippen molar-refractivity contribution in [2.75, 3.05) is 10.5 Å². The highest BCUT2D eigenvalue weighted by Crippen LogP contribution is 2.23. The number of rotatable bonds is 5. The van der Waals surface area contributed by atoms with Gasteiger partial charge >= 0.3 is 0 Å². The Morgan fingerprint density at radius 1 is 1.38 bits per heavy atom. The zero-order chi connectivity index (χ0) is 15.6. The predicted octanol–water partition coefficient (Wildman–Crippen LogP) is 2.41. The molecular formula is C14H20N4O2S. The van der Waals surface area contributed by atoms with E-state index in [4.69, 9.17) is 5.73 Å². The molecule has 3 N–H and O–H groups in total. The van der Waals surface area contributed by atoms with Gasteiger partial charge in [0.2, 0.25) is 0 Å². The van der Waals surface area contributed by atoms with Crippen LogP contribution >= 0.6 is 0 Å². The van der Waals surface area contributed by atoms with Gasteiger partial charge in [-0.2, -0.15) is 5.10 Å². The van der Waals surface area contributed by atoms with Gasteiger partial charge in [0, 0.05) is 18.4 Å². The van der Waals surface area contributed by atoms with E-state index in [2.05, 4.69) is 23.7 Å². The highest BCUT2D eigenvalue weighted by molar-refractivity contribution is 7.92. The van der Waals surface area contributed by atoms with Gasteiger partial charge in [0.1, 0.15) is 4.90 Å². The lowest BCUT2D eigenvalue weighted by atomic mass is 10.0. The van der Waals surface area contributed by atoms with Gasteiger partial charge in [-0.25, -0.2) is 8.42 Å². The lowest BCUT2D eigenvalue weighted by molar-refractivity contribution is 0.600. The molecule has 0 aliphatic rings. The van der Waals surface area contributed by atoms with Crippen molar-refractivity contribution in [3.8, 4) is 0 Å². The molecule has 0 spiro atoms. The van der Waals surface area contributed by atoms with E-state index in [1.54, 1.807) is 6.07 Å². The van der Waals surface area contributed by atoms with Gasteiger partial charge < -0.3 is 5.73 Å². The molecule has 0 radical (unpaired) electrons. The fraction of sp³-hybridized carbons (Fsp3) is 0.357. The highest BCUT2D eigenvalue weighted by Gasteiger charge is 2.21. The summed E-state index contributed by atoms with van der Waals surface area (Å²) in [6.07, 6.45) is 1.43. The van der Waals surface area contributed by atoms with Crippen molar-refractivity contribution in [2.45, 2.75) is 38.1 Å². The predicted molar refractivity (Wildman–Crippen MR) is 83.7 cm³/mol. The topological polar surface area (TPSA) is 90.0 Å². The summed E-state index contributed by atoms with van der Waals surface area (Å²) in [5.74, 6) is 0.326. The van der Waals surface area contributed by atoms with Crippen LogP contribution in [0, 0.1) is 0 Å². The van der Waals surface area contributed by atoms with E-state index in [1.807, 2.05) is 25.1 Å². The molecule has 114 valence electrons. The van der Waals surface area contributed by atoms with Gasteiger partial charge in [-0.3, -0.25) is 9.40 Å². The van der Waals surface area contributed by atoms with Crippen LogP contribution in [-0.2, 0) is 16.6 Å². The second kappa shape index (κ2) is 5.77. The van der Waals surface area contributed by atoms with E-state index in [1.165, 1.54) is 10.9 Å². The standard InChI is InChI=1S/C14H20N4O2S/c1-4-18-9-13(14(15)16-18)21(19,20)17-12-7-5-6-11(8-12)10(2)3/h5-10,17H,4H2,1-3H3,(H2,15,16). The molecule has 0 unspecified atom stereocenters. The summed E-state index contributed by atoms with van der Waals surface area (Å²) in [6.45, 7) is 6.53. The third kappa shape index (κ3) is 3.36. The molecule has 2 rings (SSSR count). The third-order valence-electron chi connectivity index (χ3n) is 3.17. The first-order valence-corrected chi connectivity index (χ1v) is 8.27. The van der Waals surface area contributed by atoms with Gasteiger partial charge in [0.25, 0.3) is 10.0 Å².